The van der Waals surface area contributed by atoms with Gasteiger partial charge in [-0.1, -0.05) is 18.2 Å². The lowest BCUT2D eigenvalue weighted by molar-refractivity contribution is 1.07. The Kier molecular flexibility index (Phi) is 4.71. The molecule has 0 saturated carbocycles. The van der Waals surface area contributed by atoms with E-state index in [1.807, 2.05) is 18.2 Å². The van der Waals surface area contributed by atoms with Crippen LogP contribution in [0.2, 0.25) is 0 Å². The van der Waals surface area contributed by atoms with Crippen LogP contribution in [0, 0.1) is 12.8 Å². The zero-order valence-corrected chi connectivity index (χ0v) is 8.88. The quantitative estimate of drug-likeness (QED) is 0.771. The van der Waals surface area contributed by atoms with Crippen molar-refractivity contribution in [3.8, 4) is 24.0 Å². The fourth-order valence-electron chi connectivity index (χ4n) is 1.33. The van der Waals surface area contributed by atoms with Gasteiger partial charge in [-0.05, 0) is 17.2 Å². The summed E-state index contributed by atoms with van der Waals surface area (Å²) in [7, 11) is 0. The first-order valence-corrected chi connectivity index (χ1v) is 4.78. The average Bonchev–Trinajstić information content (AvgIpc) is 2.42. The summed E-state index contributed by atoms with van der Waals surface area (Å²) in [6, 6.07) is 8.08. The maximum absolute atomic E-state index is 5.57. The molecule has 1 heterocycles. The molecule has 0 unspecified atom stereocenters. The van der Waals surface area contributed by atoms with E-state index in [1.54, 1.807) is 12.4 Å². The molecule has 80 valence electrons. The number of benzene rings is 1. The van der Waals surface area contributed by atoms with Gasteiger partial charge in [0.25, 0.3) is 0 Å². The van der Waals surface area contributed by atoms with Crippen molar-refractivity contribution in [2.45, 2.75) is 6.54 Å². The van der Waals surface area contributed by atoms with Crippen LogP contribution in [0.25, 0.3) is 11.1 Å². The normalized spacial score (nSPS) is 8.94. The summed E-state index contributed by atoms with van der Waals surface area (Å²) in [5, 5.41) is 0. The summed E-state index contributed by atoms with van der Waals surface area (Å²) < 4.78 is 0. The molecule has 0 saturated heterocycles. The van der Waals surface area contributed by atoms with Crippen LogP contribution in [0.15, 0.2) is 43.0 Å². The molecule has 0 aliphatic rings. The van der Waals surface area contributed by atoms with Crippen molar-refractivity contribution in [1.82, 2.24) is 9.97 Å². The first-order valence-electron chi connectivity index (χ1n) is 4.78. The molecule has 0 bridgehead atoms. The van der Waals surface area contributed by atoms with Crippen molar-refractivity contribution >= 4 is 0 Å². The van der Waals surface area contributed by atoms with Gasteiger partial charge in [-0.25, -0.2) is 9.97 Å². The minimum Gasteiger partial charge on any atom is -0.326 e. The molecule has 3 heteroatoms. The van der Waals surface area contributed by atoms with E-state index < -0.39 is 0 Å². The van der Waals surface area contributed by atoms with Gasteiger partial charge < -0.3 is 5.73 Å². The van der Waals surface area contributed by atoms with Crippen LogP contribution in [0.5, 0.6) is 0 Å². The second-order valence-corrected chi connectivity index (χ2v) is 3.03. The fraction of sp³-hybridized carbons (Fsp3) is 0.0769. The summed E-state index contributed by atoms with van der Waals surface area (Å²) in [4.78, 5) is 7.95. The summed E-state index contributed by atoms with van der Waals surface area (Å²) in [6.45, 7) is 0.557. The number of aromatic nitrogens is 2. The van der Waals surface area contributed by atoms with E-state index in [4.69, 9.17) is 5.73 Å². The van der Waals surface area contributed by atoms with Crippen LogP contribution in [0.1, 0.15) is 5.56 Å². The van der Waals surface area contributed by atoms with Gasteiger partial charge in [-0.2, -0.15) is 0 Å². The van der Waals surface area contributed by atoms with E-state index in [1.165, 1.54) is 6.33 Å². The highest BCUT2D eigenvalue weighted by Gasteiger charge is 1.97. The van der Waals surface area contributed by atoms with Crippen molar-refractivity contribution in [3.63, 3.8) is 0 Å². The number of rotatable bonds is 2. The first kappa shape index (κ1) is 11.9. The van der Waals surface area contributed by atoms with Crippen LogP contribution in [-0.2, 0) is 6.54 Å². The van der Waals surface area contributed by atoms with E-state index >= 15 is 0 Å². The van der Waals surface area contributed by atoms with Crippen molar-refractivity contribution in [3.05, 3.63) is 48.5 Å². The molecule has 0 amide bonds. The molecule has 0 atom stereocenters. The van der Waals surface area contributed by atoms with E-state index in [-0.39, 0.29) is 0 Å². The second kappa shape index (κ2) is 6.33. The Bertz CT molecular complexity index is 449. The summed E-state index contributed by atoms with van der Waals surface area (Å²) in [5.41, 5.74) is 8.80. The van der Waals surface area contributed by atoms with Crippen LogP contribution in [0.3, 0.4) is 0 Å². The highest BCUT2D eigenvalue weighted by Crippen LogP contribution is 2.17. The molecule has 0 aliphatic heterocycles. The molecule has 0 aliphatic carbocycles. The largest absolute Gasteiger partial charge is 0.326 e. The van der Waals surface area contributed by atoms with Gasteiger partial charge in [-0.3, -0.25) is 0 Å². The summed E-state index contributed by atoms with van der Waals surface area (Å²) in [6.07, 6.45) is 13.1. The molecule has 0 fully saturated rings. The minimum atomic E-state index is 0.557. The van der Waals surface area contributed by atoms with Crippen LogP contribution < -0.4 is 5.73 Å². The molecule has 2 rings (SSSR count). The number of hydrogen-bond donors (Lipinski definition) is 1. The third kappa shape index (κ3) is 2.91. The van der Waals surface area contributed by atoms with E-state index in [2.05, 4.69) is 28.9 Å². The molecule has 1 aromatic carbocycles. The molecular weight excluding hydrogens is 198 g/mol. The van der Waals surface area contributed by atoms with Crippen molar-refractivity contribution in [1.29, 1.82) is 0 Å². The summed E-state index contributed by atoms with van der Waals surface area (Å²) >= 11 is 0. The maximum Gasteiger partial charge on any atom is 0.115 e. The zero-order valence-electron chi connectivity index (χ0n) is 8.88. The van der Waals surface area contributed by atoms with Crippen molar-refractivity contribution in [2.24, 2.45) is 5.73 Å². The SMILES string of the molecule is C#C.NCc1cccc(-c2cncnc2)c1. The third-order valence-electron chi connectivity index (χ3n) is 2.06. The van der Waals surface area contributed by atoms with E-state index in [0.29, 0.717) is 6.54 Å². The fourth-order valence-corrected chi connectivity index (χ4v) is 1.33. The van der Waals surface area contributed by atoms with Crippen molar-refractivity contribution in [2.75, 3.05) is 0 Å². The summed E-state index contributed by atoms with van der Waals surface area (Å²) in [5.74, 6) is 0. The Morgan fingerprint density at radius 1 is 1.06 bits per heavy atom. The lowest BCUT2D eigenvalue weighted by atomic mass is 10.1. The van der Waals surface area contributed by atoms with Gasteiger partial charge in [0.1, 0.15) is 6.33 Å². The van der Waals surface area contributed by atoms with Gasteiger partial charge >= 0.3 is 0 Å². The standard InChI is InChI=1S/C11H11N3.C2H2/c12-5-9-2-1-3-10(4-9)11-6-13-8-14-7-11;1-2/h1-4,6-8H,5,12H2;1-2H. The number of terminal acetylenes is 1. The second-order valence-electron chi connectivity index (χ2n) is 3.03. The maximum atomic E-state index is 5.57. The number of nitrogens with two attached hydrogens (primary N) is 1. The zero-order chi connectivity index (χ0) is 11.8. The topological polar surface area (TPSA) is 51.8 Å². The van der Waals surface area contributed by atoms with Crippen LogP contribution in [-0.4, -0.2) is 9.97 Å². The van der Waals surface area contributed by atoms with Gasteiger partial charge in [0.05, 0.1) is 0 Å². The van der Waals surface area contributed by atoms with Gasteiger partial charge in [0.2, 0.25) is 0 Å². The number of hydrogen-bond acceptors (Lipinski definition) is 3. The molecule has 2 aromatic rings. The van der Waals surface area contributed by atoms with E-state index in [9.17, 15) is 0 Å². The van der Waals surface area contributed by atoms with Gasteiger partial charge in [0, 0.05) is 24.5 Å². The highest BCUT2D eigenvalue weighted by molar-refractivity contribution is 5.62. The monoisotopic (exact) mass is 211 g/mol. The predicted molar refractivity (Wildman–Crippen MR) is 65.2 cm³/mol. The highest BCUT2D eigenvalue weighted by atomic mass is 14.8. The van der Waals surface area contributed by atoms with Gasteiger partial charge in [0.15, 0.2) is 0 Å². The molecule has 2 N–H and O–H groups in total. The molecule has 16 heavy (non-hydrogen) atoms. The predicted octanol–water partition coefficient (Wildman–Crippen LogP) is 1.85. The molecule has 0 spiro atoms. The van der Waals surface area contributed by atoms with Crippen LogP contribution in [0.4, 0.5) is 0 Å². The number of nitrogens with zero attached hydrogens (tertiary/aromatic N) is 2. The van der Waals surface area contributed by atoms with Crippen molar-refractivity contribution < 1.29 is 0 Å². The molecular formula is C13H13N3. The lowest BCUT2D eigenvalue weighted by Crippen LogP contribution is -1.95. The third-order valence-corrected chi connectivity index (χ3v) is 2.06. The Balaban J connectivity index is 0.000000606. The first-order chi connectivity index (χ1) is 7.90. The Morgan fingerprint density at radius 3 is 2.38 bits per heavy atom. The lowest BCUT2D eigenvalue weighted by Gasteiger charge is -2.02. The Hall–Kier alpha value is -2.18. The van der Waals surface area contributed by atoms with Crippen LogP contribution >= 0.6 is 0 Å². The molecule has 1 aromatic heterocycles. The molecule has 3 nitrogen and oxygen atoms in total. The smallest absolute Gasteiger partial charge is 0.115 e. The molecule has 0 radical (unpaired) electrons. The Morgan fingerprint density at radius 2 is 1.75 bits per heavy atom. The minimum absolute atomic E-state index is 0.557. The van der Waals surface area contributed by atoms with E-state index in [0.717, 1.165) is 16.7 Å². The van der Waals surface area contributed by atoms with Gasteiger partial charge in [-0.15, -0.1) is 12.8 Å². The Labute approximate surface area is 95.4 Å². The average molecular weight is 211 g/mol.